The summed E-state index contributed by atoms with van der Waals surface area (Å²) in [6, 6.07) is 4.16. The summed E-state index contributed by atoms with van der Waals surface area (Å²) in [6.07, 6.45) is 8.86. The molecule has 0 saturated carbocycles. The summed E-state index contributed by atoms with van der Waals surface area (Å²) in [5.41, 5.74) is 1.90. The monoisotopic (exact) mass is 370 g/mol. The third-order valence-electron chi connectivity index (χ3n) is 4.86. The maximum Gasteiger partial charge on any atom is 0.141 e. The van der Waals surface area contributed by atoms with Crippen LogP contribution in [0, 0.1) is 11.3 Å². The highest BCUT2D eigenvalue weighted by Crippen LogP contribution is 2.35. The van der Waals surface area contributed by atoms with Gasteiger partial charge in [0.1, 0.15) is 27.4 Å². The second kappa shape index (κ2) is 5.89. The van der Waals surface area contributed by atoms with Crippen molar-refractivity contribution in [2.24, 2.45) is 4.36 Å². The van der Waals surface area contributed by atoms with Gasteiger partial charge < -0.3 is 4.98 Å². The van der Waals surface area contributed by atoms with Crippen molar-refractivity contribution in [2.45, 2.75) is 12.0 Å². The van der Waals surface area contributed by atoms with Gasteiger partial charge in [-0.25, -0.2) is 22.8 Å². The van der Waals surface area contributed by atoms with E-state index in [9.17, 15) is 9.47 Å². The number of fused-ring (bicyclic) bond motifs is 1. The molecule has 1 saturated heterocycles. The average molecular weight is 370 g/mol. The van der Waals surface area contributed by atoms with Crippen molar-refractivity contribution in [1.29, 1.82) is 5.26 Å². The van der Waals surface area contributed by atoms with Crippen LogP contribution < -0.4 is 0 Å². The molecule has 1 aliphatic rings. The molecule has 134 valence electrons. The number of nitrogens with one attached hydrogen (secondary N) is 1. The van der Waals surface area contributed by atoms with Crippen LogP contribution in [0.5, 0.6) is 0 Å². The fourth-order valence-electron chi connectivity index (χ4n) is 3.26. The second-order valence-corrected chi connectivity index (χ2v) is 8.84. The van der Waals surface area contributed by atoms with Crippen molar-refractivity contribution in [3.63, 3.8) is 0 Å². The number of aromatic amines is 1. The summed E-state index contributed by atoms with van der Waals surface area (Å²) >= 11 is 0. The molecule has 1 unspecified atom stereocenters. The zero-order chi connectivity index (χ0) is 18.4. The van der Waals surface area contributed by atoms with Gasteiger partial charge in [-0.15, -0.1) is 0 Å². The van der Waals surface area contributed by atoms with Gasteiger partial charge in [0, 0.05) is 49.7 Å². The van der Waals surface area contributed by atoms with Gasteiger partial charge >= 0.3 is 0 Å². The molecule has 0 radical (unpaired) electrons. The molecule has 9 nitrogen and oxygen atoms in total. The lowest BCUT2D eigenvalue weighted by Gasteiger charge is -2.48. The first-order valence-corrected chi connectivity index (χ1v) is 9.93. The van der Waals surface area contributed by atoms with Crippen LogP contribution in [0.25, 0.3) is 22.3 Å². The lowest BCUT2D eigenvalue weighted by molar-refractivity contribution is 0.0754. The lowest BCUT2D eigenvalue weighted by atomic mass is 9.89. The van der Waals surface area contributed by atoms with E-state index in [1.807, 2.05) is 18.5 Å². The minimum absolute atomic E-state index is 0.285. The number of hydrogen-bond acceptors (Lipinski definition) is 6. The highest BCUT2D eigenvalue weighted by molar-refractivity contribution is 7.90. The Kier molecular flexibility index (Phi) is 3.78. The maximum atomic E-state index is 12.4. The van der Waals surface area contributed by atoms with Crippen LogP contribution in [0.2, 0.25) is 0 Å². The van der Waals surface area contributed by atoms with Crippen LogP contribution in [0.15, 0.2) is 35.3 Å². The summed E-state index contributed by atoms with van der Waals surface area (Å²) in [6.45, 7) is 0.940. The van der Waals surface area contributed by atoms with E-state index in [0.29, 0.717) is 13.1 Å². The Morgan fingerprint density at radius 1 is 1.46 bits per heavy atom. The van der Waals surface area contributed by atoms with E-state index in [4.69, 9.17) is 0 Å². The molecule has 1 aliphatic heterocycles. The molecular weight excluding hydrogens is 352 g/mol. The van der Waals surface area contributed by atoms with Crippen molar-refractivity contribution in [3.05, 3.63) is 31.0 Å². The molecule has 0 amide bonds. The number of nitrogens with zero attached hydrogens (tertiary/aromatic N) is 7. The zero-order valence-electron chi connectivity index (χ0n) is 14.5. The fraction of sp³-hybridized carbons (Fsp3) is 0.375. The Bertz CT molecular complexity index is 1120. The Labute approximate surface area is 151 Å². The van der Waals surface area contributed by atoms with E-state index >= 15 is 0 Å². The van der Waals surface area contributed by atoms with Gasteiger partial charge in [0.15, 0.2) is 0 Å². The van der Waals surface area contributed by atoms with Gasteiger partial charge in [-0.05, 0) is 6.07 Å². The van der Waals surface area contributed by atoms with E-state index in [0.717, 1.165) is 22.3 Å². The van der Waals surface area contributed by atoms with Crippen LogP contribution in [-0.4, -0.2) is 59.6 Å². The van der Waals surface area contributed by atoms with Gasteiger partial charge in [-0.1, -0.05) is 0 Å². The lowest BCUT2D eigenvalue weighted by Crippen LogP contribution is -2.63. The quantitative estimate of drug-likeness (QED) is 0.745. The Balaban J connectivity index is 1.70. The molecule has 3 aromatic rings. The second-order valence-electron chi connectivity index (χ2n) is 6.44. The van der Waals surface area contributed by atoms with Crippen LogP contribution in [0.1, 0.15) is 6.42 Å². The number of rotatable bonds is 4. The molecule has 4 heterocycles. The fourth-order valence-corrected chi connectivity index (χ4v) is 4.45. The van der Waals surface area contributed by atoms with Crippen molar-refractivity contribution >= 4 is 20.9 Å². The highest BCUT2D eigenvalue weighted by atomic mass is 32.2. The van der Waals surface area contributed by atoms with Gasteiger partial charge in [-0.2, -0.15) is 10.4 Å². The molecule has 0 spiro atoms. The Morgan fingerprint density at radius 3 is 3.00 bits per heavy atom. The van der Waals surface area contributed by atoms with Crippen molar-refractivity contribution in [2.75, 3.05) is 26.4 Å². The van der Waals surface area contributed by atoms with Crippen molar-refractivity contribution in [3.8, 4) is 17.3 Å². The zero-order valence-corrected chi connectivity index (χ0v) is 15.3. The molecule has 26 heavy (non-hydrogen) atoms. The van der Waals surface area contributed by atoms with E-state index in [1.54, 1.807) is 28.5 Å². The number of aromatic nitrogens is 5. The first-order valence-electron chi connectivity index (χ1n) is 8.05. The van der Waals surface area contributed by atoms with Gasteiger partial charge in [0.05, 0.1) is 24.4 Å². The predicted octanol–water partition coefficient (Wildman–Crippen LogP) is 1.39. The molecule has 4 rings (SSSR count). The van der Waals surface area contributed by atoms with Crippen LogP contribution in [-0.2, 0) is 15.5 Å². The Hall–Kier alpha value is -2.77. The molecule has 1 atom stereocenters. The smallest absolute Gasteiger partial charge is 0.141 e. The standard InChI is InChI=1S/C16H18N8OS/c1-18-26(2,25)23-9-16(10-23,4-5-17)24-8-12(7-22-24)14-13-3-6-19-15(13)21-11-20-14/h3,6-8,11H,4,9-10H2,1-2H3,(H,19,20,21). The van der Waals surface area contributed by atoms with E-state index in [1.165, 1.54) is 6.33 Å². The van der Waals surface area contributed by atoms with Gasteiger partial charge in [-0.3, -0.25) is 4.68 Å². The average Bonchev–Trinajstić information content (AvgIpc) is 3.26. The topological polar surface area (TPSA) is 116 Å². The molecule has 10 heteroatoms. The first kappa shape index (κ1) is 16.7. The van der Waals surface area contributed by atoms with E-state index < -0.39 is 15.5 Å². The summed E-state index contributed by atoms with van der Waals surface area (Å²) in [5, 5.41) is 14.7. The maximum absolute atomic E-state index is 12.4. The summed E-state index contributed by atoms with van der Waals surface area (Å²) in [5.74, 6) is 0. The van der Waals surface area contributed by atoms with Crippen molar-refractivity contribution in [1.82, 2.24) is 29.0 Å². The Morgan fingerprint density at radius 2 is 2.27 bits per heavy atom. The van der Waals surface area contributed by atoms with E-state index in [2.05, 4.69) is 30.5 Å². The first-order chi connectivity index (χ1) is 12.5. The minimum atomic E-state index is -2.39. The molecule has 0 aliphatic carbocycles. The third kappa shape index (κ3) is 2.48. The largest absolute Gasteiger partial charge is 0.346 e. The third-order valence-corrected chi connectivity index (χ3v) is 6.76. The van der Waals surface area contributed by atoms with Gasteiger partial charge in [0.25, 0.3) is 0 Å². The molecule has 0 aromatic carbocycles. The number of nitriles is 1. The highest BCUT2D eigenvalue weighted by Gasteiger charge is 2.48. The molecule has 0 bridgehead atoms. The number of hydrogen-bond donors (Lipinski definition) is 1. The SMILES string of the molecule is CN=S(C)(=O)N1CC(CC#N)(n2cc(-c3ncnc4[nH]ccc34)cn2)C1. The molecule has 3 aromatic heterocycles. The van der Waals surface area contributed by atoms with Crippen molar-refractivity contribution < 1.29 is 4.21 Å². The summed E-state index contributed by atoms with van der Waals surface area (Å²) in [7, 11) is -0.841. The van der Waals surface area contributed by atoms with E-state index in [-0.39, 0.29) is 6.42 Å². The van der Waals surface area contributed by atoms with Gasteiger partial charge in [0.2, 0.25) is 0 Å². The molecular formula is C16H18N8OS. The normalized spacial score (nSPS) is 18.8. The summed E-state index contributed by atoms with van der Waals surface area (Å²) in [4.78, 5) is 11.6. The van der Waals surface area contributed by atoms with Crippen LogP contribution in [0.4, 0.5) is 0 Å². The molecule has 1 N–H and O–H groups in total. The van der Waals surface area contributed by atoms with Crippen LogP contribution >= 0.6 is 0 Å². The minimum Gasteiger partial charge on any atom is -0.346 e. The summed E-state index contributed by atoms with van der Waals surface area (Å²) < 4.78 is 20.0. The molecule has 1 fully saturated rings. The van der Waals surface area contributed by atoms with Crippen LogP contribution in [0.3, 0.4) is 0 Å². The predicted molar refractivity (Wildman–Crippen MR) is 97.3 cm³/mol. The number of H-pyrrole nitrogens is 1.